The first-order valence-electron chi connectivity index (χ1n) is 9.41. The Kier molecular flexibility index (Phi) is 6.24. The molecule has 1 heterocycles. The fourth-order valence-electron chi connectivity index (χ4n) is 3.46. The first-order chi connectivity index (χ1) is 13.0. The summed E-state index contributed by atoms with van der Waals surface area (Å²) in [6.45, 7) is 2.24. The van der Waals surface area contributed by atoms with E-state index in [1.807, 2.05) is 30.3 Å². The standard InChI is InChI=1S/C22H27N3O2/c1-24(2)22(27)19-12-10-17(11-13-19)15-23-21(26)20-9-6-14-25(20)16-18-7-4-3-5-8-18/h3-5,7-8,10-13,20H,6,9,14-16H2,1-2H3,(H,23,26)/t20-/m1/s1. The molecule has 2 amide bonds. The van der Waals surface area contributed by atoms with Crippen molar-refractivity contribution < 1.29 is 9.59 Å². The second-order valence-electron chi connectivity index (χ2n) is 7.23. The summed E-state index contributed by atoms with van der Waals surface area (Å²) in [5, 5.41) is 3.05. The summed E-state index contributed by atoms with van der Waals surface area (Å²) in [6.07, 6.45) is 1.95. The van der Waals surface area contributed by atoms with Gasteiger partial charge in [0.15, 0.2) is 0 Å². The van der Waals surface area contributed by atoms with Crippen molar-refractivity contribution in [2.24, 2.45) is 0 Å². The SMILES string of the molecule is CN(C)C(=O)c1ccc(CNC(=O)[C@H]2CCCN2Cc2ccccc2)cc1. The van der Waals surface area contributed by atoms with Crippen LogP contribution in [0.3, 0.4) is 0 Å². The summed E-state index contributed by atoms with van der Waals surface area (Å²) in [4.78, 5) is 28.4. The van der Waals surface area contributed by atoms with Crippen LogP contribution in [0.15, 0.2) is 54.6 Å². The van der Waals surface area contributed by atoms with E-state index in [1.165, 1.54) is 5.56 Å². The van der Waals surface area contributed by atoms with Crippen LogP contribution >= 0.6 is 0 Å². The number of carbonyl (C=O) groups excluding carboxylic acids is 2. The lowest BCUT2D eigenvalue weighted by Crippen LogP contribution is -2.42. The highest BCUT2D eigenvalue weighted by molar-refractivity contribution is 5.93. The van der Waals surface area contributed by atoms with Crippen molar-refractivity contribution in [3.63, 3.8) is 0 Å². The van der Waals surface area contributed by atoms with E-state index in [0.717, 1.165) is 31.5 Å². The quantitative estimate of drug-likeness (QED) is 0.856. The number of nitrogens with one attached hydrogen (secondary N) is 1. The van der Waals surface area contributed by atoms with Crippen molar-refractivity contribution in [1.29, 1.82) is 0 Å². The molecular weight excluding hydrogens is 338 g/mol. The summed E-state index contributed by atoms with van der Waals surface area (Å²) >= 11 is 0. The third-order valence-corrected chi connectivity index (χ3v) is 4.97. The van der Waals surface area contributed by atoms with Crippen LogP contribution in [0.25, 0.3) is 0 Å². The highest BCUT2D eigenvalue weighted by Gasteiger charge is 2.30. The maximum atomic E-state index is 12.7. The minimum Gasteiger partial charge on any atom is -0.351 e. The molecule has 1 saturated heterocycles. The molecule has 0 aromatic heterocycles. The van der Waals surface area contributed by atoms with E-state index in [0.29, 0.717) is 12.1 Å². The molecule has 0 bridgehead atoms. The van der Waals surface area contributed by atoms with Crippen molar-refractivity contribution in [3.8, 4) is 0 Å². The van der Waals surface area contributed by atoms with Gasteiger partial charge < -0.3 is 10.2 Å². The molecule has 27 heavy (non-hydrogen) atoms. The lowest BCUT2D eigenvalue weighted by molar-refractivity contribution is -0.125. The van der Waals surface area contributed by atoms with Crippen molar-refractivity contribution >= 4 is 11.8 Å². The minimum atomic E-state index is -0.0696. The van der Waals surface area contributed by atoms with Gasteiger partial charge in [-0.05, 0) is 42.6 Å². The number of nitrogens with zero attached hydrogens (tertiary/aromatic N) is 2. The van der Waals surface area contributed by atoms with Crippen molar-refractivity contribution in [2.75, 3.05) is 20.6 Å². The van der Waals surface area contributed by atoms with Crippen LogP contribution in [-0.2, 0) is 17.9 Å². The Balaban J connectivity index is 1.54. The molecule has 0 saturated carbocycles. The number of hydrogen-bond donors (Lipinski definition) is 1. The fraction of sp³-hybridized carbons (Fsp3) is 0.364. The summed E-state index contributed by atoms with van der Waals surface area (Å²) in [6, 6.07) is 17.6. The topological polar surface area (TPSA) is 52.7 Å². The van der Waals surface area contributed by atoms with Crippen LogP contribution in [-0.4, -0.2) is 48.3 Å². The molecule has 1 aliphatic heterocycles. The predicted octanol–water partition coefficient (Wildman–Crippen LogP) is 2.67. The van der Waals surface area contributed by atoms with Crippen LogP contribution in [0.5, 0.6) is 0 Å². The zero-order chi connectivity index (χ0) is 19.2. The number of amides is 2. The van der Waals surface area contributed by atoms with E-state index in [1.54, 1.807) is 31.1 Å². The van der Waals surface area contributed by atoms with E-state index < -0.39 is 0 Å². The Morgan fingerprint density at radius 3 is 2.41 bits per heavy atom. The van der Waals surface area contributed by atoms with Gasteiger partial charge in [0.1, 0.15) is 0 Å². The maximum absolute atomic E-state index is 12.7. The lowest BCUT2D eigenvalue weighted by atomic mass is 10.1. The number of carbonyl (C=O) groups is 2. The minimum absolute atomic E-state index is 0.0203. The van der Waals surface area contributed by atoms with E-state index in [2.05, 4.69) is 22.3 Å². The van der Waals surface area contributed by atoms with Crippen LogP contribution in [0, 0.1) is 0 Å². The maximum Gasteiger partial charge on any atom is 0.253 e. The molecule has 0 spiro atoms. The van der Waals surface area contributed by atoms with E-state index in [4.69, 9.17) is 0 Å². The molecule has 0 aliphatic carbocycles. The molecule has 5 nitrogen and oxygen atoms in total. The third kappa shape index (κ3) is 4.95. The van der Waals surface area contributed by atoms with Gasteiger partial charge in [-0.1, -0.05) is 42.5 Å². The Morgan fingerprint density at radius 2 is 1.74 bits per heavy atom. The van der Waals surface area contributed by atoms with Gasteiger partial charge in [-0.25, -0.2) is 0 Å². The molecule has 0 unspecified atom stereocenters. The molecule has 0 radical (unpaired) electrons. The number of likely N-dealkylation sites (tertiary alicyclic amines) is 1. The highest BCUT2D eigenvalue weighted by Crippen LogP contribution is 2.20. The molecule has 1 N–H and O–H groups in total. The smallest absolute Gasteiger partial charge is 0.253 e. The van der Waals surface area contributed by atoms with Gasteiger partial charge >= 0.3 is 0 Å². The van der Waals surface area contributed by atoms with Crippen LogP contribution < -0.4 is 5.32 Å². The normalized spacial score (nSPS) is 16.9. The molecule has 142 valence electrons. The summed E-state index contributed by atoms with van der Waals surface area (Å²) in [7, 11) is 3.47. The molecule has 1 fully saturated rings. The van der Waals surface area contributed by atoms with Crippen LogP contribution in [0.2, 0.25) is 0 Å². The summed E-state index contributed by atoms with van der Waals surface area (Å²) < 4.78 is 0. The molecule has 5 heteroatoms. The molecule has 1 atom stereocenters. The zero-order valence-electron chi connectivity index (χ0n) is 16.0. The predicted molar refractivity (Wildman–Crippen MR) is 106 cm³/mol. The van der Waals surface area contributed by atoms with Crippen LogP contribution in [0.4, 0.5) is 0 Å². The Hall–Kier alpha value is -2.66. The van der Waals surface area contributed by atoms with Gasteiger partial charge in [0.05, 0.1) is 6.04 Å². The fourth-order valence-corrected chi connectivity index (χ4v) is 3.46. The molecule has 3 rings (SSSR count). The first kappa shape index (κ1) is 19.1. The second-order valence-corrected chi connectivity index (χ2v) is 7.23. The number of benzene rings is 2. The highest BCUT2D eigenvalue weighted by atomic mass is 16.2. The van der Waals surface area contributed by atoms with Gasteiger partial charge in [0.25, 0.3) is 5.91 Å². The molecule has 2 aromatic carbocycles. The largest absolute Gasteiger partial charge is 0.351 e. The van der Waals surface area contributed by atoms with Crippen molar-refractivity contribution in [2.45, 2.75) is 32.0 Å². The van der Waals surface area contributed by atoms with Gasteiger partial charge in [-0.15, -0.1) is 0 Å². The Labute approximate surface area is 161 Å². The van der Waals surface area contributed by atoms with E-state index in [9.17, 15) is 9.59 Å². The first-order valence-corrected chi connectivity index (χ1v) is 9.41. The summed E-state index contributed by atoms with van der Waals surface area (Å²) in [5.41, 5.74) is 2.88. The third-order valence-electron chi connectivity index (χ3n) is 4.97. The van der Waals surface area contributed by atoms with Gasteiger partial charge in [0.2, 0.25) is 5.91 Å². The zero-order valence-corrected chi connectivity index (χ0v) is 16.0. The van der Waals surface area contributed by atoms with Gasteiger partial charge in [0, 0.05) is 32.7 Å². The summed E-state index contributed by atoms with van der Waals surface area (Å²) in [5.74, 6) is 0.0602. The van der Waals surface area contributed by atoms with Gasteiger partial charge in [-0.3, -0.25) is 14.5 Å². The Bertz CT molecular complexity index is 772. The second kappa shape index (κ2) is 8.82. The number of rotatable bonds is 6. The molecular formula is C22H27N3O2. The van der Waals surface area contributed by atoms with Crippen LogP contribution in [0.1, 0.15) is 34.3 Å². The van der Waals surface area contributed by atoms with Crippen molar-refractivity contribution in [1.82, 2.24) is 15.1 Å². The average Bonchev–Trinajstić information content (AvgIpc) is 3.15. The molecule has 1 aliphatic rings. The lowest BCUT2D eigenvalue weighted by Gasteiger charge is -2.23. The molecule has 2 aromatic rings. The van der Waals surface area contributed by atoms with Gasteiger partial charge in [-0.2, -0.15) is 0 Å². The Morgan fingerprint density at radius 1 is 1.04 bits per heavy atom. The van der Waals surface area contributed by atoms with E-state index >= 15 is 0 Å². The van der Waals surface area contributed by atoms with Crippen molar-refractivity contribution in [3.05, 3.63) is 71.3 Å². The monoisotopic (exact) mass is 365 g/mol. The van der Waals surface area contributed by atoms with E-state index in [-0.39, 0.29) is 17.9 Å². The average molecular weight is 365 g/mol. The number of hydrogen-bond acceptors (Lipinski definition) is 3.